The predicted molar refractivity (Wildman–Crippen MR) is 34.2 cm³/mol. The molecule has 0 aromatic rings. The molecule has 0 aromatic heterocycles. The molecule has 0 spiro atoms. The van der Waals surface area contributed by atoms with Gasteiger partial charge in [0.05, 0.1) is 12.5 Å². The number of ketones is 1. The van der Waals surface area contributed by atoms with Gasteiger partial charge in [-0.15, -0.1) is 0 Å². The maximum atomic E-state index is 10.9. The number of nitriles is 1. The zero-order chi connectivity index (χ0) is 7.40. The van der Waals surface area contributed by atoms with Gasteiger partial charge >= 0.3 is 0 Å². The lowest BCUT2D eigenvalue weighted by molar-refractivity contribution is -0.126. The Kier molecular flexibility index (Phi) is 2.41. The van der Waals surface area contributed by atoms with Crippen molar-refractivity contribution in [1.29, 1.82) is 5.26 Å². The van der Waals surface area contributed by atoms with Gasteiger partial charge in [0.25, 0.3) is 0 Å². The average molecular weight is 139 g/mol. The molecule has 0 radical (unpaired) electrons. The van der Waals surface area contributed by atoms with Gasteiger partial charge in [0.2, 0.25) is 0 Å². The van der Waals surface area contributed by atoms with Crippen molar-refractivity contribution in [2.24, 2.45) is 0 Å². The van der Waals surface area contributed by atoms with Crippen LogP contribution in [0.5, 0.6) is 0 Å². The molecule has 1 rings (SSSR count). The summed E-state index contributed by atoms with van der Waals surface area (Å²) in [5, 5.41) is 8.17. The monoisotopic (exact) mass is 139 g/mol. The Hall–Kier alpha value is -0.880. The number of Topliss-reactive ketones (excluding diaryl/α,β-unsaturated/α-hetero) is 1. The number of hydrogen-bond acceptors (Lipinski definition) is 3. The van der Waals surface area contributed by atoms with Gasteiger partial charge in [-0.3, -0.25) is 4.79 Å². The standard InChI is InChI=1S/C7H9NO2/c8-4-3-6(9)7-2-1-5-10-7/h7H,1-3,5H2. The molecule has 10 heavy (non-hydrogen) atoms. The summed E-state index contributed by atoms with van der Waals surface area (Å²) in [6.45, 7) is 0.668. The lowest BCUT2D eigenvalue weighted by atomic mass is 10.1. The molecule has 3 heteroatoms. The highest BCUT2D eigenvalue weighted by Gasteiger charge is 2.22. The molecule has 1 fully saturated rings. The van der Waals surface area contributed by atoms with E-state index in [0.29, 0.717) is 6.61 Å². The molecule has 0 amide bonds. The van der Waals surface area contributed by atoms with Crippen LogP contribution in [0.2, 0.25) is 0 Å². The quantitative estimate of drug-likeness (QED) is 0.564. The predicted octanol–water partition coefficient (Wildman–Crippen LogP) is 0.648. The van der Waals surface area contributed by atoms with E-state index >= 15 is 0 Å². The summed E-state index contributed by atoms with van der Waals surface area (Å²) in [7, 11) is 0. The first-order valence-electron chi connectivity index (χ1n) is 3.36. The molecule has 0 N–H and O–H groups in total. The zero-order valence-electron chi connectivity index (χ0n) is 5.67. The number of carbonyl (C=O) groups is 1. The Morgan fingerprint density at radius 3 is 3.10 bits per heavy atom. The first-order chi connectivity index (χ1) is 4.84. The molecule has 1 atom stereocenters. The van der Waals surface area contributed by atoms with Crippen molar-refractivity contribution in [2.45, 2.75) is 25.4 Å². The van der Waals surface area contributed by atoms with Gasteiger partial charge in [-0.2, -0.15) is 5.26 Å². The summed E-state index contributed by atoms with van der Waals surface area (Å²) in [6.07, 6.45) is 1.45. The molecule has 1 unspecified atom stereocenters. The highest BCUT2D eigenvalue weighted by Crippen LogP contribution is 2.13. The van der Waals surface area contributed by atoms with E-state index in [1.54, 1.807) is 0 Å². The molecule has 3 nitrogen and oxygen atoms in total. The number of ether oxygens (including phenoxy) is 1. The van der Waals surface area contributed by atoms with E-state index in [2.05, 4.69) is 0 Å². The topological polar surface area (TPSA) is 50.1 Å². The van der Waals surface area contributed by atoms with Crippen molar-refractivity contribution in [3.8, 4) is 6.07 Å². The minimum Gasteiger partial charge on any atom is -0.370 e. The van der Waals surface area contributed by atoms with Crippen molar-refractivity contribution in [1.82, 2.24) is 0 Å². The third-order valence-electron chi connectivity index (χ3n) is 1.54. The summed E-state index contributed by atoms with van der Waals surface area (Å²) in [5.41, 5.74) is 0. The number of hydrogen-bond donors (Lipinski definition) is 0. The zero-order valence-corrected chi connectivity index (χ0v) is 5.67. The molecular weight excluding hydrogens is 130 g/mol. The lowest BCUT2D eigenvalue weighted by Gasteiger charge is -2.02. The first-order valence-corrected chi connectivity index (χ1v) is 3.36. The second kappa shape index (κ2) is 3.33. The van der Waals surface area contributed by atoms with E-state index in [-0.39, 0.29) is 18.3 Å². The van der Waals surface area contributed by atoms with Crippen LogP contribution in [0.15, 0.2) is 0 Å². The van der Waals surface area contributed by atoms with Crippen LogP contribution in [-0.2, 0) is 9.53 Å². The van der Waals surface area contributed by atoms with Gasteiger partial charge < -0.3 is 4.74 Å². The summed E-state index contributed by atoms with van der Waals surface area (Å²) in [6, 6.07) is 1.81. The Morgan fingerprint density at radius 1 is 1.80 bits per heavy atom. The normalized spacial score (nSPS) is 24.1. The minimum absolute atomic E-state index is 0.00926. The second-order valence-corrected chi connectivity index (χ2v) is 2.30. The fourth-order valence-corrected chi connectivity index (χ4v) is 1.02. The van der Waals surface area contributed by atoms with Crippen LogP contribution in [-0.4, -0.2) is 18.5 Å². The van der Waals surface area contributed by atoms with Gasteiger partial charge in [0, 0.05) is 6.61 Å². The van der Waals surface area contributed by atoms with E-state index in [9.17, 15) is 4.79 Å². The molecule has 0 bridgehead atoms. The summed E-state index contributed by atoms with van der Waals surface area (Å²) < 4.78 is 5.07. The van der Waals surface area contributed by atoms with E-state index in [4.69, 9.17) is 10.00 Å². The van der Waals surface area contributed by atoms with Crippen LogP contribution < -0.4 is 0 Å². The summed E-state index contributed by atoms with van der Waals surface area (Å²) >= 11 is 0. The molecule has 0 aromatic carbocycles. The largest absolute Gasteiger partial charge is 0.370 e. The molecule has 1 saturated heterocycles. The maximum Gasteiger partial charge on any atom is 0.175 e. The second-order valence-electron chi connectivity index (χ2n) is 2.30. The van der Waals surface area contributed by atoms with Crippen LogP contribution >= 0.6 is 0 Å². The third-order valence-corrected chi connectivity index (χ3v) is 1.54. The molecule has 0 saturated carbocycles. The molecule has 1 aliphatic heterocycles. The Bertz CT molecular complexity index is 165. The van der Waals surface area contributed by atoms with Crippen LogP contribution in [0, 0.1) is 11.3 Å². The molecule has 1 aliphatic rings. The van der Waals surface area contributed by atoms with Crippen molar-refractivity contribution in [3.63, 3.8) is 0 Å². The van der Waals surface area contributed by atoms with Crippen molar-refractivity contribution in [2.75, 3.05) is 6.61 Å². The summed E-state index contributed by atoms with van der Waals surface area (Å²) in [5.74, 6) is -0.0694. The number of carbonyl (C=O) groups excluding carboxylic acids is 1. The minimum atomic E-state index is -0.278. The smallest absolute Gasteiger partial charge is 0.175 e. The van der Waals surface area contributed by atoms with Gasteiger partial charge in [-0.1, -0.05) is 0 Å². The van der Waals surface area contributed by atoms with E-state index in [1.165, 1.54) is 0 Å². The molecule has 1 heterocycles. The van der Waals surface area contributed by atoms with Gasteiger partial charge in [0.1, 0.15) is 6.10 Å². The van der Waals surface area contributed by atoms with Gasteiger partial charge in [0.15, 0.2) is 5.78 Å². The fourth-order valence-electron chi connectivity index (χ4n) is 1.02. The first kappa shape index (κ1) is 7.23. The van der Waals surface area contributed by atoms with Crippen molar-refractivity contribution >= 4 is 5.78 Å². The average Bonchev–Trinajstić information content (AvgIpc) is 2.38. The Morgan fingerprint density at radius 2 is 2.60 bits per heavy atom. The van der Waals surface area contributed by atoms with Crippen LogP contribution in [0.4, 0.5) is 0 Å². The number of nitrogens with zero attached hydrogens (tertiary/aromatic N) is 1. The van der Waals surface area contributed by atoms with E-state index in [1.807, 2.05) is 6.07 Å². The van der Waals surface area contributed by atoms with E-state index in [0.717, 1.165) is 12.8 Å². The lowest BCUT2D eigenvalue weighted by Crippen LogP contribution is -2.18. The SMILES string of the molecule is N#CCC(=O)C1CCCO1. The molecule has 0 aliphatic carbocycles. The van der Waals surface area contributed by atoms with Crippen LogP contribution in [0.25, 0.3) is 0 Å². The van der Waals surface area contributed by atoms with E-state index < -0.39 is 0 Å². The highest BCUT2D eigenvalue weighted by molar-refractivity contribution is 5.84. The molecular formula is C7H9NO2. The molecule has 54 valence electrons. The van der Waals surface area contributed by atoms with Crippen molar-refractivity contribution in [3.05, 3.63) is 0 Å². The van der Waals surface area contributed by atoms with Crippen LogP contribution in [0.3, 0.4) is 0 Å². The number of rotatable bonds is 2. The summed E-state index contributed by atoms with van der Waals surface area (Å²) in [4.78, 5) is 10.9. The highest BCUT2D eigenvalue weighted by atomic mass is 16.5. The van der Waals surface area contributed by atoms with Crippen LogP contribution in [0.1, 0.15) is 19.3 Å². The van der Waals surface area contributed by atoms with Gasteiger partial charge in [-0.25, -0.2) is 0 Å². The Labute approximate surface area is 59.6 Å². The Balaban J connectivity index is 2.34. The van der Waals surface area contributed by atoms with Crippen molar-refractivity contribution < 1.29 is 9.53 Å². The van der Waals surface area contributed by atoms with Gasteiger partial charge in [-0.05, 0) is 12.8 Å². The third kappa shape index (κ3) is 1.55. The maximum absolute atomic E-state index is 10.9. The fraction of sp³-hybridized carbons (Fsp3) is 0.714.